The Bertz CT molecular complexity index is 1700. The van der Waals surface area contributed by atoms with Crippen LogP contribution in [0.2, 0.25) is 0 Å². The van der Waals surface area contributed by atoms with E-state index in [0.29, 0.717) is 25.7 Å². The van der Waals surface area contributed by atoms with E-state index in [0.717, 1.165) is 121 Å². The number of hydrogen-bond donors (Lipinski definition) is 3. The first-order valence-electron chi connectivity index (χ1n) is 35.5. The van der Waals surface area contributed by atoms with Crippen LogP contribution in [0, 0.1) is 11.8 Å². The molecule has 0 aromatic heterocycles. The van der Waals surface area contributed by atoms with Gasteiger partial charge in [-0.1, -0.05) is 292 Å². The van der Waals surface area contributed by atoms with Gasteiger partial charge in [-0.2, -0.15) is 0 Å². The average molecular weight is 1280 g/mol. The van der Waals surface area contributed by atoms with Crippen LogP contribution in [0.3, 0.4) is 0 Å². The van der Waals surface area contributed by atoms with Crippen LogP contribution in [0.25, 0.3) is 0 Å². The second-order valence-corrected chi connectivity index (χ2v) is 28.4. The minimum absolute atomic E-state index is 0.104. The van der Waals surface area contributed by atoms with Crippen LogP contribution in [0.4, 0.5) is 0 Å². The standard InChI is InChI=1S/C68H132O17P2/c1-7-9-11-13-15-33-40-46-52-67(72)84-63(56-78-65(70)50-44-38-30-14-12-10-8-2)58-82-86(74,75)80-54-62(69)55-81-87(76,77)83-59-64(57-79-66(71)51-45-39-34-29-28-32-37-43-49-61(5)6)85-68(73)53-47-41-35-27-25-23-21-19-17-16-18-20-22-24-26-31-36-42-48-60(3)4/h60-64,69H,7-59H2,1-6H3,(H,74,75)(H,76,77)/t62-,63+,64+/m0/s1. The van der Waals surface area contributed by atoms with Crippen LogP contribution in [0.5, 0.6) is 0 Å². The van der Waals surface area contributed by atoms with Crippen molar-refractivity contribution in [3.05, 3.63) is 0 Å². The lowest BCUT2D eigenvalue weighted by Gasteiger charge is -2.21. The summed E-state index contributed by atoms with van der Waals surface area (Å²) in [7, 11) is -9.88. The van der Waals surface area contributed by atoms with E-state index in [1.165, 1.54) is 141 Å². The van der Waals surface area contributed by atoms with Gasteiger partial charge in [0.2, 0.25) is 0 Å². The molecule has 19 heteroatoms. The zero-order valence-electron chi connectivity index (χ0n) is 56.3. The van der Waals surface area contributed by atoms with Gasteiger partial charge in [-0.3, -0.25) is 37.3 Å². The lowest BCUT2D eigenvalue weighted by Crippen LogP contribution is -2.30. The van der Waals surface area contributed by atoms with Crippen molar-refractivity contribution in [2.24, 2.45) is 11.8 Å². The third kappa shape index (κ3) is 62.6. The molecule has 0 aliphatic carbocycles. The van der Waals surface area contributed by atoms with Gasteiger partial charge in [-0.15, -0.1) is 0 Å². The smallest absolute Gasteiger partial charge is 0.462 e. The minimum atomic E-state index is -4.95. The number of phosphoric ester groups is 2. The Hall–Kier alpha value is -1.94. The summed E-state index contributed by atoms with van der Waals surface area (Å²) in [6.07, 6.45) is 44.8. The molecule has 0 aromatic carbocycles. The molecule has 0 spiro atoms. The molecule has 0 aliphatic rings. The molecule has 0 rings (SSSR count). The number of aliphatic hydroxyl groups excluding tert-OH is 1. The van der Waals surface area contributed by atoms with Crippen molar-refractivity contribution in [2.75, 3.05) is 39.6 Å². The van der Waals surface area contributed by atoms with Gasteiger partial charge < -0.3 is 33.8 Å². The minimum Gasteiger partial charge on any atom is -0.462 e. The molecule has 0 saturated heterocycles. The fourth-order valence-corrected chi connectivity index (χ4v) is 11.8. The molecule has 17 nitrogen and oxygen atoms in total. The molecular formula is C68H132O17P2. The molecule has 87 heavy (non-hydrogen) atoms. The molecule has 0 bridgehead atoms. The Morgan fingerprint density at radius 1 is 0.310 bits per heavy atom. The van der Waals surface area contributed by atoms with Crippen LogP contribution < -0.4 is 0 Å². The highest BCUT2D eigenvalue weighted by molar-refractivity contribution is 7.47. The molecule has 0 radical (unpaired) electrons. The van der Waals surface area contributed by atoms with E-state index in [4.69, 9.17) is 37.0 Å². The molecule has 0 aromatic rings. The lowest BCUT2D eigenvalue weighted by atomic mass is 10.0. The number of rotatable bonds is 67. The van der Waals surface area contributed by atoms with Crippen molar-refractivity contribution in [2.45, 2.75) is 362 Å². The zero-order chi connectivity index (χ0) is 64.3. The highest BCUT2D eigenvalue weighted by atomic mass is 31.2. The van der Waals surface area contributed by atoms with Crippen molar-refractivity contribution in [3.63, 3.8) is 0 Å². The SMILES string of the molecule is CCCCCCCCCCC(=O)O[C@H](COC(=O)CCCCCCCCC)COP(=O)(O)OC[C@H](O)COP(=O)(O)OC[C@@H](COC(=O)CCCCCCCCCCC(C)C)OC(=O)CCCCCCCCCCCCCCCCCCCCC(C)C. The lowest BCUT2D eigenvalue weighted by molar-refractivity contribution is -0.161. The van der Waals surface area contributed by atoms with E-state index in [-0.39, 0.29) is 25.7 Å². The van der Waals surface area contributed by atoms with Gasteiger partial charge in [0.15, 0.2) is 12.2 Å². The molecule has 516 valence electrons. The Labute approximate surface area is 530 Å². The molecular weight excluding hydrogens is 1150 g/mol. The fourth-order valence-electron chi connectivity index (χ4n) is 10.2. The maximum absolute atomic E-state index is 13.0. The van der Waals surface area contributed by atoms with Gasteiger partial charge in [0.05, 0.1) is 26.4 Å². The molecule has 0 fully saturated rings. The largest absolute Gasteiger partial charge is 0.472 e. The average Bonchev–Trinajstić information content (AvgIpc) is 3.69. The maximum atomic E-state index is 13.0. The molecule has 0 aliphatic heterocycles. The third-order valence-electron chi connectivity index (χ3n) is 15.7. The van der Waals surface area contributed by atoms with Gasteiger partial charge in [-0.05, 0) is 37.5 Å². The van der Waals surface area contributed by atoms with E-state index in [2.05, 4.69) is 41.5 Å². The highest BCUT2D eigenvalue weighted by Crippen LogP contribution is 2.45. The molecule has 0 amide bonds. The fraction of sp³-hybridized carbons (Fsp3) is 0.941. The number of hydrogen-bond acceptors (Lipinski definition) is 15. The Kier molecular flexibility index (Phi) is 59.0. The van der Waals surface area contributed by atoms with Crippen molar-refractivity contribution in [3.8, 4) is 0 Å². The number of unbranched alkanes of at least 4 members (excludes halogenated alkanes) is 37. The van der Waals surface area contributed by atoms with Gasteiger partial charge in [0.25, 0.3) is 0 Å². The first-order chi connectivity index (χ1) is 41.9. The van der Waals surface area contributed by atoms with Crippen molar-refractivity contribution < 1.29 is 80.2 Å². The molecule has 5 atom stereocenters. The maximum Gasteiger partial charge on any atom is 0.472 e. The number of esters is 4. The summed E-state index contributed by atoms with van der Waals surface area (Å²) in [4.78, 5) is 72.1. The van der Waals surface area contributed by atoms with Crippen LogP contribution in [-0.2, 0) is 65.4 Å². The Morgan fingerprint density at radius 2 is 0.529 bits per heavy atom. The highest BCUT2D eigenvalue weighted by Gasteiger charge is 2.30. The van der Waals surface area contributed by atoms with Gasteiger partial charge in [0.1, 0.15) is 19.3 Å². The van der Waals surface area contributed by atoms with Gasteiger partial charge in [0, 0.05) is 25.7 Å². The second-order valence-electron chi connectivity index (χ2n) is 25.5. The summed E-state index contributed by atoms with van der Waals surface area (Å²) in [6, 6.07) is 0. The summed E-state index contributed by atoms with van der Waals surface area (Å²) >= 11 is 0. The third-order valence-corrected chi connectivity index (χ3v) is 17.6. The van der Waals surface area contributed by atoms with E-state index >= 15 is 0 Å². The monoisotopic (exact) mass is 1280 g/mol. The summed E-state index contributed by atoms with van der Waals surface area (Å²) in [5.74, 6) is -0.590. The van der Waals surface area contributed by atoms with E-state index < -0.39 is 97.5 Å². The molecule has 0 saturated carbocycles. The van der Waals surface area contributed by atoms with Gasteiger partial charge >= 0.3 is 39.5 Å². The number of aliphatic hydroxyl groups is 1. The number of phosphoric acid groups is 2. The van der Waals surface area contributed by atoms with Crippen molar-refractivity contribution >= 4 is 39.5 Å². The zero-order valence-corrected chi connectivity index (χ0v) is 58.1. The van der Waals surface area contributed by atoms with Crippen LogP contribution in [-0.4, -0.2) is 96.7 Å². The van der Waals surface area contributed by atoms with E-state index in [1.807, 2.05) is 0 Å². The van der Waals surface area contributed by atoms with Crippen molar-refractivity contribution in [1.82, 2.24) is 0 Å². The molecule has 3 N–H and O–H groups in total. The molecule has 2 unspecified atom stereocenters. The normalized spacial score (nSPS) is 14.2. The number of ether oxygens (including phenoxy) is 4. The second kappa shape index (κ2) is 60.3. The first-order valence-corrected chi connectivity index (χ1v) is 38.5. The Balaban J connectivity index is 5.11. The summed E-state index contributed by atoms with van der Waals surface area (Å²) in [5.41, 5.74) is 0. The number of carbonyl (C=O) groups excluding carboxylic acids is 4. The van der Waals surface area contributed by atoms with Crippen LogP contribution in [0.15, 0.2) is 0 Å². The summed E-state index contributed by atoms with van der Waals surface area (Å²) in [5, 5.41) is 10.5. The topological polar surface area (TPSA) is 237 Å². The van der Waals surface area contributed by atoms with Gasteiger partial charge in [-0.25, -0.2) is 9.13 Å². The quantitative estimate of drug-likeness (QED) is 0.0222. The predicted molar refractivity (Wildman–Crippen MR) is 349 cm³/mol. The van der Waals surface area contributed by atoms with Crippen LogP contribution >= 0.6 is 15.6 Å². The van der Waals surface area contributed by atoms with E-state index in [9.17, 15) is 43.2 Å². The van der Waals surface area contributed by atoms with E-state index in [1.54, 1.807) is 0 Å². The predicted octanol–water partition coefficient (Wildman–Crippen LogP) is 19.2. The summed E-state index contributed by atoms with van der Waals surface area (Å²) < 4.78 is 68.0. The number of carbonyl (C=O) groups is 4. The van der Waals surface area contributed by atoms with Crippen LogP contribution in [0.1, 0.15) is 343 Å². The summed E-state index contributed by atoms with van der Waals surface area (Å²) in [6.45, 7) is 9.46. The Morgan fingerprint density at radius 3 is 0.782 bits per heavy atom. The first kappa shape index (κ1) is 85.1. The van der Waals surface area contributed by atoms with Crippen molar-refractivity contribution in [1.29, 1.82) is 0 Å². The molecule has 0 heterocycles.